The van der Waals surface area contributed by atoms with E-state index in [2.05, 4.69) is 20.5 Å². The number of aromatic nitrogens is 1. The molecule has 0 saturated heterocycles. The standard InChI is InChI=1S/C27H28N4O6S2/c1-5-36-27(28-22-8-6-7-20(25(32)33)23(22)29-27)14-18-9-11-19(12-10-18)21-13-15(2)38-26(21)39(34,35)31-24-16(3)17(4)30-37-24/h6-13,28-29,31H,5,14H2,1-4H3,(H,32,33). The molecule has 12 heteroatoms. The van der Waals surface area contributed by atoms with Gasteiger partial charge in [0.1, 0.15) is 4.21 Å². The molecule has 2 aromatic heterocycles. The number of carboxylic acid groups (broad SMARTS) is 1. The Bertz CT molecular complexity index is 1660. The molecule has 5 rings (SSSR count). The lowest BCUT2D eigenvalue weighted by atomic mass is 10.0. The highest BCUT2D eigenvalue weighted by atomic mass is 32.2. The smallest absolute Gasteiger partial charge is 0.337 e. The molecule has 4 N–H and O–H groups in total. The zero-order chi connectivity index (χ0) is 27.9. The number of hydrogen-bond donors (Lipinski definition) is 4. The summed E-state index contributed by atoms with van der Waals surface area (Å²) in [4.78, 5) is 12.6. The number of sulfonamides is 1. The molecule has 2 aromatic carbocycles. The number of nitrogens with one attached hydrogen (secondary N) is 3. The Hall–Kier alpha value is -3.87. The van der Waals surface area contributed by atoms with Gasteiger partial charge in [-0.15, -0.1) is 11.3 Å². The lowest BCUT2D eigenvalue weighted by Gasteiger charge is -2.30. The van der Waals surface area contributed by atoms with Gasteiger partial charge < -0.3 is 25.0 Å². The molecule has 4 aromatic rings. The quantitative estimate of drug-likeness (QED) is 0.203. The van der Waals surface area contributed by atoms with Gasteiger partial charge in [0.25, 0.3) is 10.0 Å². The fourth-order valence-corrected chi connectivity index (χ4v) is 7.25. The Morgan fingerprint density at radius 2 is 1.90 bits per heavy atom. The first-order valence-corrected chi connectivity index (χ1v) is 14.5. The van der Waals surface area contributed by atoms with Gasteiger partial charge in [-0.1, -0.05) is 35.5 Å². The summed E-state index contributed by atoms with van der Waals surface area (Å²) in [5, 5.41) is 20.0. The number of nitrogens with zero attached hydrogens (tertiary/aromatic N) is 1. The van der Waals surface area contributed by atoms with E-state index >= 15 is 0 Å². The summed E-state index contributed by atoms with van der Waals surface area (Å²) < 4.78 is 40.5. The molecule has 0 radical (unpaired) electrons. The number of para-hydroxylation sites is 1. The highest BCUT2D eigenvalue weighted by Gasteiger charge is 2.39. The van der Waals surface area contributed by atoms with Crippen LogP contribution in [0.1, 0.15) is 39.0 Å². The van der Waals surface area contributed by atoms with Crippen molar-refractivity contribution in [3.05, 3.63) is 75.8 Å². The number of carboxylic acids is 1. The van der Waals surface area contributed by atoms with Gasteiger partial charge in [-0.3, -0.25) is 0 Å². The summed E-state index contributed by atoms with van der Waals surface area (Å²) in [5.74, 6) is -1.96. The van der Waals surface area contributed by atoms with Crippen LogP contribution in [-0.2, 0) is 21.2 Å². The van der Waals surface area contributed by atoms with Crippen LogP contribution < -0.4 is 15.4 Å². The van der Waals surface area contributed by atoms with E-state index < -0.39 is 21.8 Å². The van der Waals surface area contributed by atoms with E-state index in [1.807, 2.05) is 44.2 Å². The van der Waals surface area contributed by atoms with Crippen molar-refractivity contribution in [2.24, 2.45) is 0 Å². The normalized spacial score (nSPS) is 16.4. The highest BCUT2D eigenvalue weighted by molar-refractivity contribution is 7.94. The van der Waals surface area contributed by atoms with Crippen molar-refractivity contribution in [1.29, 1.82) is 0 Å². The predicted octanol–water partition coefficient (Wildman–Crippen LogP) is 5.60. The van der Waals surface area contributed by atoms with Gasteiger partial charge in [-0.2, -0.15) is 0 Å². The molecule has 1 atom stereocenters. The van der Waals surface area contributed by atoms with E-state index in [-0.39, 0.29) is 15.7 Å². The molecular formula is C27H28N4O6S2. The van der Waals surface area contributed by atoms with E-state index in [0.29, 0.717) is 41.2 Å². The molecule has 1 unspecified atom stereocenters. The topological polar surface area (TPSA) is 143 Å². The predicted molar refractivity (Wildman–Crippen MR) is 150 cm³/mol. The van der Waals surface area contributed by atoms with Gasteiger partial charge in [0, 0.05) is 29.0 Å². The minimum absolute atomic E-state index is 0.102. The Labute approximate surface area is 230 Å². The van der Waals surface area contributed by atoms with Gasteiger partial charge in [0.2, 0.25) is 11.7 Å². The van der Waals surface area contributed by atoms with Crippen molar-refractivity contribution < 1.29 is 27.6 Å². The molecule has 10 nitrogen and oxygen atoms in total. The molecule has 0 amide bonds. The molecule has 204 valence electrons. The fraction of sp³-hybridized carbons (Fsp3) is 0.259. The van der Waals surface area contributed by atoms with E-state index in [0.717, 1.165) is 16.0 Å². The second-order valence-corrected chi connectivity index (χ2v) is 12.4. The Morgan fingerprint density at radius 1 is 1.15 bits per heavy atom. The largest absolute Gasteiger partial charge is 0.478 e. The molecule has 0 fully saturated rings. The fourth-order valence-electron chi connectivity index (χ4n) is 4.54. The van der Waals surface area contributed by atoms with E-state index in [9.17, 15) is 18.3 Å². The molecule has 1 aliphatic rings. The lowest BCUT2D eigenvalue weighted by molar-refractivity contribution is 0.00941. The van der Waals surface area contributed by atoms with Gasteiger partial charge in [-0.05, 0) is 57.0 Å². The van der Waals surface area contributed by atoms with Crippen molar-refractivity contribution in [3.8, 4) is 11.1 Å². The number of thiophene rings is 1. The second kappa shape index (κ2) is 10.0. The molecule has 0 saturated carbocycles. The van der Waals surface area contributed by atoms with Gasteiger partial charge >= 0.3 is 5.97 Å². The Morgan fingerprint density at radius 3 is 2.54 bits per heavy atom. The number of fused-ring (bicyclic) bond motifs is 1. The lowest BCUT2D eigenvalue weighted by Crippen LogP contribution is -2.47. The number of ether oxygens (including phenoxy) is 1. The van der Waals surface area contributed by atoms with Crippen LogP contribution in [0.5, 0.6) is 0 Å². The monoisotopic (exact) mass is 568 g/mol. The minimum Gasteiger partial charge on any atom is -0.478 e. The number of aromatic carboxylic acids is 1. The number of anilines is 3. The first-order chi connectivity index (χ1) is 18.5. The molecule has 3 heterocycles. The Kier molecular flexibility index (Phi) is 6.87. The maximum atomic E-state index is 13.3. The van der Waals surface area contributed by atoms with Crippen LogP contribution in [-0.4, -0.2) is 37.1 Å². The third kappa shape index (κ3) is 5.10. The van der Waals surface area contributed by atoms with Crippen molar-refractivity contribution in [1.82, 2.24) is 5.16 Å². The van der Waals surface area contributed by atoms with E-state index in [1.54, 1.807) is 32.0 Å². The van der Waals surface area contributed by atoms with Crippen LogP contribution in [0.3, 0.4) is 0 Å². The summed E-state index contributed by atoms with van der Waals surface area (Å²) in [6, 6.07) is 14.4. The van der Waals surface area contributed by atoms with E-state index in [4.69, 9.17) is 9.26 Å². The van der Waals surface area contributed by atoms with Crippen molar-refractivity contribution in [2.45, 2.75) is 44.2 Å². The van der Waals surface area contributed by atoms with Crippen LogP contribution in [0, 0.1) is 20.8 Å². The number of hydrogen-bond acceptors (Lipinski definition) is 9. The van der Waals surface area contributed by atoms with Crippen LogP contribution in [0.4, 0.5) is 17.3 Å². The van der Waals surface area contributed by atoms with Gasteiger partial charge in [-0.25, -0.2) is 17.9 Å². The molecule has 0 aliphatic carbocycles. The SMILES string of the molecule is CCOC1(Cc2ccc(-c3cc(C)sc3S(=O)(=O)Nc3onc(C)c3C)cc2)Nc2cccc(C(=O)O)c2N1. The maximum absolute atomic E-state index is 13.3. The molecule has 0 bridgehead atoms. The summed E-state index contributed by atoms with van der Waals surface area (Å²) in [5.41, 5.74) is 4.75. The Balaban J connectivity index is 1.41. The average Bonchev–Trinajstić information content (AvgIpc) is 3.55. The highest BCUT2D eigenvalue weighted by Crippen LogP contribution is 2.40. The minimum atomic E-state index is -3.92. The van der Waals surface area contributed by atoms with Crippen LogP contribution in [0.25, 0.3) is 11.1 Å². The van der Waals surface area contributed by atoms with Crippen molar-refractivity contribution in [3.63, 3.8) is 0 Å². The first kappa shape index (κ1) is 26.7. The second-order valence-electron chi connectivity index (χ2n) is 9.30. The van der Waals surface area contributed by atoms with Crippen molar-refractivity contribution >= 4 is 44.6 Å². The number of rotatable bonds is 9. The molecule has 39 heavy (non-hydrogen) atoms. The molecule has 1 aliphatic heterocycles. The average molecular weight is 569 g/mol. The first-order valence-electron chi connectivity index (χ1n) is 12.2. The van der Waals surface area contributed by atoms with Crippen LogP contribution >= 0.6 is 11.3 Å². The molecular weight excluding hydrogens is 540 g/mol. The van der Waals surface area contributed by atoms with Gasteiger partial charge in [0.15, 0.2) is 0 Å². The summed E-state index contributed by atoms with van der Waals surface area (Å²) in [6.07, 6.45) is 0.383. The van der Waals surface area contributed by atoms with Crippen LogP contribution in [0.15, 0.2) is 57.3 Å². The zero-order valence-corrected chi connectivity index (χ0v) is 23.4. The summed E-state index contributed by atoms with van der Waals surface area (Å²) >= 11 is 1.18. The number of carbonyl (C=O) groups is 1. The van der Waals surface area contributed by atoms with Crippen LogP contribution in [0.2, 0.25) is 0 Å². The number of benzene rings is 2. The summed E-state index contributed by atoms with van der Waals surface area (Å²) in [7, 11) is -3.92. The maximum Gasteiger partial charge on any atom is 0.337 e. The van der Waals surface area contributed by atoms with E-state index in [1.165, 1.54) is 11.3 Å². The van der Waals surface area contributed by atoms with Crippen molar-refractivity contribution in [2.75, 3.05) is 22.0 Å². The molecule has 0 spiro atoms. The van der Waals surface area contributed by atoms with Gasteiger partial charge in [0.05, 0.1) is 22.6 Å². The summed E-state index contributed by atoms with van der Waals surface area (Å²) in [6.45, 7) is 7.60. The third-order valence-corrected chi connectivity index (χ3v) is 9.43. The third-order valence-electron chi connectivity index (χ3n) is 6.52. The zero-order valence-electron chi connectivity index (χ0n) is 21.8. The number of aryl methyl sites for hydroxylation is 2.